The van der Waals surface area contributed by atoms with Crippen molar-refractivity contribution >= 4 is 17.3 Å². The van der Waals surface area contributed by atoms with Crippen LogP contribution in [0.2, 0.25) is 0 Å². The molecule has 26 heavy (non-hydrogen) atoms. The van der Waals surface area contributed by atoms with Gasteiger partial charge in [0.25, 0.3) is 5.91 Å². The lowest BCUT2D eigenvalue weighted by Gasteiger charge is -2.20. The topological polar surface area (TPSA) is 54.0 Å². The highest BCUT2D eigenvalue weighted by Crippen LogP contribution is 2.32. The van der Waals surface area contributed by atoms with Gasteiger partial charge >= 0.3 is 0 Å². The van der Waals surface area contributed by atoms with Crippen LogP contribution in [0.3, 0.4) is 0 Å². The minimum atomic E-state index is -0.119. The summed E-state index contributed by atoms with van der Waals surface area (Å²) < 4.78 is 0. The maximum atomic E-state index is 12.9. The molecule has 4 nitrogen and oxygen atoms in total. The van der Waals surface area contributed by atoms with Gasteiger partial charge in [-0.15, -0.1) is 0 Å². The van der Waals surface area contributed by atoms with Crippen molar-refractivity contribution in [3.8, 4) is 0 Å². The van der Waals surface area contributed by atoms with Gasteiger partial charge in [-0.2, -0.15) is 0 Å². The van der Waals surface area contributed by atoms with E-state index in [0.717, 1.165) is 41.9 Å². The monoisotopic (exact) mass is 353 g/mol. The molecule has 1 aromatic carbocycles. The molecule has 0 bridgehead atoms. The molecule has 0 radical (unpaired) electrons. The molecule has 0 unspecified atom stereocenters. The van der Waals surface area contributed by atoms with E-state index in [1.165, 1.54) is 0 Å². The number of nitrogens with zero attached hydrogens (tertiary/aromatic N) is 1. The van der Waals surface area contributed by atoms with Crippen LogP contribution in [0.25, 0.3) is 0 Å². The number of hydrogen-bond donors (Lipinski definition) is 2. The summed E-state index contributed by atoms with van der Waals surface area (Å²) in [6.07, 6.45) is 5.60. The van der Waals surface area contributed by atoms with Crippen LogP contribution in [0, 0.1) is 0 Å². The number of amides is 1. The van der Waals surface area contributed by atoms with Crippen LogP contribution in [-0.2, 0) is 0 Å². The van der Waals surface area contributed by atoms with Gasteiger partial charge in [0.1, 0.15) is 0 Å². The fourth-order valence-electron chi connectivity index (χ4n) is 2.95. The summed E-state index contributed by atoms with van der Waals surface area (Å²) in [5.41, 5.74) is 4.71. The summed E-state index contributed by atoms with van der Waals surface area (Å²) in [6, 6.07) is 8.12. The molecular weight excluding hydrogens is 322 g/mol. The summed E-state index contributed by atoms with van der Waals surface area (Å²) in [5, 5.41) is 6.47. The summed E-state index contributed by atoms with van der Waals surface area (Å²) in [4.78, 5) is 17.1. The minimum Gasteiger partial charge on any atom is -0.384 e. The zero-order valence-electron chi connectivity index (χ0n) is 16.6. The van der Waals surface area contributed by atoms with E-state index in [-0.39, 0.29) is 5.91 Å². The molecule has 0 atom stereocenters. The van der Waals surface area contributed by atoms with Gasteiger partial charge in [0.15, 0.2) is 0 Å². The van der Waals surface area contributed by atoms with Crippen molar-refractivity contribution < 1.29 is 4.79 Å². The molecule has 1 heterocycles. The van der Waals surface area contributed by atoms with E-state index in [2.05, 4.69) is 68.4 Å². The van der Waals surface area contributed by atoms with E-state index in [1.54, 1.807) is 12.4 Å². The van der Waals surface area contributed by atoms with Gasteiger partial charge in [-0.05, 0) is 35.4 Å². The third-order valence-electron chi connectivity index (χ3n) is 4.47. The second-order valence-corrected chi connectivity index (χ2v) is 7.32. The number of aromatic nitrogens is 1. The van der Waals surface area contributed by atoms with Gasteiger partial charge < -0.3 is 10.6 Å². The molecule has 2 aromatic rings. The Labute approximate surface area is 157 Å². The first-order chi connectivity index (χ1) is 12.4. The molecule has 0 spiro atoms. The van der Waals surface area contributed by atoms with E-state index in [4.69, 9.17) is 0 Å². The molecule has 0 aliphatic heterocycles. The van der Waals surface area contributed by atoms with Crippen LogP contribution >= 0.6 is 0 Å². The predicted octanol–water partition coefficient (Wildman–Crippen LogP) is 5.79. The lowest BCUT2D eigenvalue weighted by atomic mass is 9.92. The van der Waals surface area contributed by atoms with E-state index in [9.17, 15) is 4.79 Å². The fraction of sp³-hybridized carbons (Fsp3) is 0.455. The predicted molar refractivity (Wildman–Crippen MR) is 110 cm³/mol. The Kier molecular flexibility index (Phi) is 7.19. The number of carbonyl (C=O) groups is 1. The molecule has 0 fully saturated rings. The Bertz CT molecular complexity index is 712. The summed E-state index contributed by atoms with van der Waals surface area (Å²) in [5.74, 6) is 0.556. The Hall–Kier alpha value is -2.36. The van der Waals surface area contributed by atoms with Crippen LogP contribution in [0.5, 0.6) is 0 Å². The fourth-order valence-corrected chi connectivity index (χ4v) is 2.95. The van der Waals surface area contributed by atoms with E-state index in [0.29, 0.717) is 17.4 Å². The number of hydrogen-bond acceptors (Lipinski definition) is 3. The second-order valence-electron chi connectivity index (χ2n) is 7.32. The molecule has 2 N–H and O–H groups in total. The third kappa shape index (κ3) is 5.07. The number of unbranched alkanes of at least 4 members (excludes halogenated alkanes) is 1. The summed E-state index contributed by atoms with van der Waals surface area (Å²) in [7, 11) is 0. The zero-order chi connectivity index (χ0) is 19.1. The Morgan fingerprint density at radius 2 is 1.73 bits per heavy atom. The van der Waals surface area contributed by atoms with Crippen molar-refractivity contribution in [3.63, 3.8) is 0 Å². The van der Waals surface area contributed by atoms with E-state index in [1.807, 2.05) is 6.07 Å². The molecule has 1 amide bonds. The average molecular weight is 354 g/mol. The molecule has 140 valence electrons. The first kappa shape index (κ1) is 20.0. The normalized spacial score (nSPS) is 11.0. The lowest BCUT2D eigenvalue weighted by molar-refractivity contribution is 0.102. The number of nitrogens with one attached hydrogen (secondary N) is 2. The summed E-state index contributed by atoms with van der Waals surface area (Å²) in [6.45, 7) is 11.6. The number of benzene rings is 1. The minimum absolute atomic E-state index is 0.119. The first-order valence-electron chi connectivity index (χ1n) is 9.57. The highest BCUT2D eigenvalue weighted by molar-refractivity contribution is 6.05. The van der Waals surface area contributed by atoms with Gasteiger partial charge in [0, 0.05) is 24.6 Å². The molecule has 4 heteroatoms. The van der Waals surface area contributed by atoms with Crippen LogP contribution in [0.4, 0.5) is 11.4 Å². The van der Waals surface area contributed by atoms with Crippen molar-refractivity contribution in [2.75, 3.05) is 17.2 Å². The van der Waals surface area contributed by atoms with Gasteiger partial charge in [-0.25, -0.2) is 0 Å². The Morgan fingerprint density at radius 1 is 1.08 bits per heavy atom. The molecular formula is C22H31N3O. The molecule has 0 saturated carbocycles. The molecule has 2 rings (SSSR count). The largest absolute Gasteiger partial charge is 0.384 e. The van der Waals surface area contributed by atoms with Gasteiger partial charge in [0.2, 0.25) is 0 Å². The van der Waals surface area contributed by atoms with Crippen LogP contribution in [-0.4, -0.2) is 17.4 Å². The SMILES string of the molecule is CCCCNc1cncc(C(=O)Nc2c(C(C)C)cccc2C(C)C)c1. The number of carbonyl (C=O) groups excluding carboxylic acids is 1. The van der Waals surface area contributed by atoms with E-state index >= 15 is 0 Å². The quantitative estimate of drug-likeness (QED) is 0.590. The Balaban J connectivity index is 2.26. The number of anilines is 2. The molecule has 0 aliphatic carbocycles. The molecule has 0 aliphatic rings. The van der Waals surface area contributed by atoms with Crippen molar-refractivity contribution in [1.82, 2.24) is 4.98 Å². The number of rotatable bonds is 8. The smallest absolute Gasteiger partial charge is 0.257 e. The lowest BCUT2D eigenvalue weighted by Crippen LogP contribution is -2.16. The van der Waals surface area contributed by atoms with Gasteiger partial charge in [-0.1, -0.05) is 59.2 Å². The van der Waals surface area contributed by atoms with Crippen molar-refractivity contribution in [3.05, 3.63) is 53.3 Å². The average Bonchev–Trinajstić information content (AvgIpc) is 2.62. The van der Waals surface area contributed by atoms with Crippen molar-refractivity contribution in [1.29, 1.82) is 0 Å². The van der Waals surface area contributed by atoms with Gasteiger partial charge in [0.05, 0.1) is 11.3 Å². The number of para-hydroxylation sites is 1. The van der Waals surface area contributed by atoms with Crippen LogP contribution < -0.4 is 10.6 Å². The zero-order valence-corrected chi connectivity index (χ0v) is 16.6. The maximum absolute atomic E-state index is 12.9. The number of pyridine rings is 1. The second kappa shape index (κ2) is 9.37. The Morgan fingerprint density at radius 3 is 2.31 bits per heavy atom. The highest BCUT2D eigenvalue weighted by atomic mass is 16.1. The standard InChI is InChI=1S/C22H31N3O/c1-6-7-11-24-18-12-17(13-23-14-18)22(26)25-21-19(15(2)3)9-8-10-20(21)16(4)5/h8-10,12-16,24H,6-7,11H2,1-5H3,(H,25,26). The van der Waals surface area contributed by atoms with E-state index < -0.39 is 0 Å². The maximum Gasteiger partial charge on any atom is 0.257 e. The summed E-state index contributed by atoms with van der Waals surface area (Å²) >= 11 is 0. The first-order valence-corrected chi connectivity index (χ1v) is 9.57. The molecule has 1 aromatic heterocycles. The molecule has 0 saturated heterocycles. The highest BCUT2D eigenvalue weighted by Gasteiger charge is 2.17. The van der Waals surface area contributed by atoms with Crippen molar-refractivity contribution in [2.24, 2.45) is 0 Å². The van der Waals surface area contributed by atoms with Crippen LogP contribution in [0.1, 0.15) is 80.8 Å². The van der Waals surface area contributed by atoms with Crippen molar-refractivity contribution in [2.45, 2.75) is 59.3 Å². The van der Waals surface area contributed by atoms with Gasteiger partial charge in [-0.3, -0.25) is 9.78 Å². The third-order valence-corrected chi connectivity index (χ3v) is 4.47. The van der Waals surface area contributed by atoms with Crippen LogP contribution in [0.15, 0.2) is 36.7 Å².